The van der Waals surface area contributed by atoms with E-state index in [2.05, 4.69) is 4.99 Å². The molecule has 0 bridgehead atoms. The Bertz CT molecular complexity index is 1030. The minimum Gasteiger partial charge on any atom is -0.506 e. The van der Waals surface area contributed by atoms with Crippen LogP contribution in [0.4, 0.5) is 0 Å². The van der Waals surface area contributed by atoms with Gasteiger partial charge in [0.05, 0.1) is 11.5 Å². The lowest BCUT2D eigenvalue weighted by Gasteiger charge is -2.04. The van der Waals surface area contributed by atoms with Crippen LogP contribution in [0.3, 0.4) is 0 Å². The summed E-state index contributed by atoms with van der Waals surface area (Å²) in [5.74, 6) is -0.282. The van der Waals surface area contributed by atoms with Gasteiger partial charge >= 0.3 is 5.97 Å². The molecule has 0 radical (unpaired) electrons. The van der Waals surface area contributed by atoms with Gasteiger partial charge in [-0.3, -0.25) is 4.79 Å². The maximum atomic E-state index is 12.6. The number of aliphatic hydroxyl groups excluding tert-OH is 1. The number of amides is 1. The summed E-state index contributed by atoms with van der Waals surface area (Å²) in [5.41, 5.74) is 1.08. The van der Waals surface area contributed by atoms with Crippen LogP contribution in [-0.4, -0.2) is 28.6 Å². The molecule has 0 unspecified atom stereocenters. The lowest BCUT2D eigenvalue weighted by molar-refractivity contribution is -0.138. The summed E-state index contributed by atoms with van der Waals surface area (Å²) in [6.45, 7) is 5.40. The average Bonchev–Trinajstić information content (AvgIpc) is 3.19. The van der Waals surface area contributed by atoms with Crippen molar-refractivity contribution in [1.29, 1.82) is 0 Å². The minimum absolute atomic E-state index is 0.0960. The Morgan fingerprint density at radius 1 is 1.21 bits per heavy atom. The van der Waals surface area contributed by atoms with Crippen molar-refractivity contribution >= 4 is 34.8 Å². The van der Waals surface area contributed by atoms with Gasteiger partial charge in [-0.1, -0.05) is 30.0 Å². The number of aliphatic hydroxyl groups is 1. The van der Waals surface area contributed by atoms with Crippen LogP contribution in [-0.2, 0) is 9.53 Å². The number of aryl methyl sites for hydroxylation is 2. The third-order valence-corrected chi connectivity index (χ3v) is 5.00. The third-order valence-electron chi connectivity index (χ3n) is 3.98. The Morgan fingerprint density at radius 2 is 1.96 bits per heavy atom. The van der Waals surface area contributed by atoms with E-state index in [0.717, 1.165) is 17.3 Å². The predicted octanol–water partition coefficient (Wildman–Crippen LogP) is 4.60. The lowest BCUT2D eigenvalue weighted by Crippen LogP contribution is -2.14. The second kappa shape index (κ2) is 8.31. The zero-order valence-corrected chi connectivity index (χ0v) is 16.5. The Balaban J connectivity index is 2.02. The van der Waals surface area contributed by atoms with Crippen LogP contribution in [0, 0.1) is 13.8 Å². The van der Waals surface area contributed by atoms with Gasteiger partial charge in [0.15, 0.2) is 0 Å². The topological polar surface area (TPSA) is 89.1 Å². The minimum atomic E-state index is -0.733. The quantitative estimate of drug-likeness (QED) is 0.759. The van der Waals surface area contributed by atoms with E-state index in [9.17, 15) is 14.7 Å². The van der Waals surface area contributed by atoms with Crippen LogP contribution in [0.5, 0.6) is 0 Å². The average molecular weight is 397 g/mol. The van der Waals surface area contributed by atoms with Crippen LogP contribution >= 0.6 is 11.8 Å². The van der Waals surface area contributed by atoms with E-state index < -0.39 is 11.9 Å². The van der Waals surface area contributed by atoms with Gasteiger partial charge in [0, 0.05) is 5.56 Å². The number of hydrogen-bond acceptors (Lipinski definition) is 6. The molecule has 7 heteroatoms. The number of nitrogens with zero attached hydrogens (tertiary/aromatic N) is 1. The van der Waals surface area contributed by atoms with Crippen molar-refractivity contribution in [3.63, 3.8) is 0 Å². The Morgan fingerprint density at radius 3 is 2.61 bits per heavy atom. The van der Waals surface area contributed by atoms with Gasteiger partial charge < -0.3 is 14.3 Å². The van der Waals surface area contributed by atoms with Gasteiger partial charge in [0.2, 0.25) is 0 Å². The van der Waals surface area contributed by atoms with E-state index in [1.165, 1.54) is 0 Å². The maximum Gasteiger partial charge on any atom is 0.344 e. The van der Waals surface area contributed by atoms with Crippen molar-refractivity contribution in [2.24, 2.45) is 4.99 Å². The van der Waals surface area contributed by atoms with Crippen molar-refractivity contribution in [2.45, 2.75) is 20.8 Å². The predicted molar refractivity (Wildman–Crippen MR) is 108 cm³/mol. The molecule has 2 aromatic rings. The van der Waals surface area contributed by atoms with Crippen LogP contribution < -0.4 is 0 Å². The molecule has 2 heterocycles. The highest BCUT2D eigenvalue weighted by atomic mass is 32.2. The molecular formula is C21H19NO5S. The fourth-order valence-electron chi connectivity index (χ4n) is 2.62. The zero-order valence-electron chi connectivity index (χ0n) is 15.7. The van der Waals surface area contributed by atoms with Gasteiger partial charge in [0.1, 0.15) is 27.9 Å². The van der Waals surface area contributed by atoms with Crippen LogP contribution in [0.1, 0.15) is 34.4 Å². The molecule has 144 valence electrons. The lowest BCUT2D eigenvalue weighted by atomic mass is 10.1. The van der Waals surface area contributed by atoms with Gasteiger partial charge in [-0.2, -0.15) is 0 Å². The highest BCUT2D eigenvalue weighted by Crippen LogP contribution is 2.39. The molecule has 1 aromatic carbocycles. The summed E-state index contributed by atoms with van der Waals surface area (Å²) in [4.78, 5) is 29.4. The van der Waals surface area contributed by atoms with E-state index in [-0.39, 0.29) is 23.0 Å². The third kappa shape index (κ3) is 4.09. The van der Waals surface area contributed by atoms with Crippen molar-refractivity contribution < 1.29 is 23.8 Å². The summed E-state index contributed by atoms with van der Waals surface area (Å²) in [7, 11) is 0. The summed E-state index contributed by atoms with van der Waals surface area (Å²) in [6.07, 6.45) is 1.59. The van der Waals surface area contributed by atoms with Crippen molar-refractivity contribution in [2.75, 3.05) is 6.61 Å². The molecule has 3 rings (SSSR count). The van der Waals surface area contributed by atoms with Crippen molar-refractivity contribution in [3.8, 4) is 0 Å². The molecular weight excluding hydrogens is 378 g/mol. The monoisotopic (exact) mass is 397 g/mol. The number of rotatable bonds is 4. The number of ether oxygens (including phenoxy) is 1. The fraction of sp³-hybridized carbons (Fsp3) is 0.190. The van der Waals surface area contributed by atoms with Gasteiger partial charge in [-0.25, -0.2) is 9.79 Å². The Kier molecular flexibility index (Phi) is 5.84. The molecule has 28 heavy (non-hydrogen) atoms. The summed E-state index contributed by atoms with van der Waals surface area (Å²) >= 11 is 1.02. The fourth-order valence-corrected chi connectivity index (χ4v) is 3.61. The van der Waals surface area contributed by atoms with E-state index in [0.29, 0.717) is 22.0 Å². The molecule has 1 N–H and O–H groups in total. The molecule has 1 amide bonds. The van der Waals surface area contributed by atoms with Crippen molar-refractivity contribution in [3.05, 3.63) is 75.3 Å². The number of carbonyl (C=O) groups excluding carboxylic acids is 2. The van der Waals surface area contributed by atoms with E-state index in [4.69, 9.17) is 9.15 Å². The smallest absolute Gasteiger partial charge is 0.344 e. The molecule has 0 atom stereocenters. The maximum absolute atomic E-state index is 12.6. The summed E-state index contributed by atoms with van der Waals surface area (Å²) in [5, 5.41) is 10.7. The molecule has 6 nitrogen and oxygen atoms in total. The molecule has 0 saturated heterocycles. The van der Waals surface area contributed by atoms with E-state index in [1.54, 1.807) is 57.2 Å². The van der Waals surface area contributed by atoms with Crippen molar-refractivity contribution in [1.82, 2.24) is 0 Å². The molecule has 0 spiro atoms. The first-order valence-corrected chi connectivity index (χ1v) is 9.48. The number of benzene rings is 1. The number of hydrogen-bond donors (Lipinski definition) is 1. The molecule has 1 aromatic heterocycles. The number of aliphatic imine (C=N–C) groups is 1. The van der Waals surface area contributed by atoms with E-state index in [1.807, 2.05) is 6.07 Å². The highest BCUT2D eigenvalue weighted by molar-refractivity contribution is 8.18. The van der Waals surface area contributed by atoms with E-state index >= 15 is 0 Å². The van der Waals surface area contributed by atoms with Gasteiger partial charge in [-0.15, -0.1) is 0 Å². The van der Waals surface area contributed by atoms with Crippen LogP contribution in [0.2, 0.25) is 0 Å². The summed E-state index contributed by atoms with van der Waals surface area (Å²) < 4.78 is 10.5. The van der Waals surface area contributed by atoms with Crippen LogP contribution in [0.15, 0.2) is 62.0 Å². The first-order valence-electron chi connectivity index (χ1n) is 8.66. The normalized spacial score (nSPS) is 16.8. The highest BCUT2D eigenvalue weighted by Gasteiger charge is 2.34. The Labute approximate surface area is 166 Å². The SMILES string of the molecule is CCOC(=O)C1=C(O)/C(=C\c2ccc(C)o2)SC1=NC(=O)c1ccccc1C. The second-order valence-electron chi connectivity index (χ2n) is 6.04. The number of esters is 1. The largest absolute Gasteiger partial charge is 0.506 e. The first-order chi connectivity index (χ1) is 13.4. The first kappa shape index (κ1) is 19.7. The Hall–Kier alpha value is -3.06. The molecule has 0 saturated carbocycles. The van der Waals surface area contributed by atoms with Crippen LogP contribution in [0.25, 0.3) is 6.08 Å². The zero-order chi connectivity index (χ0) is 20.3. The number of furan rings is 1. The molecule has 0 fully saturated rings. The van der Waals surface area contributed by atoms with Gasteiger partial charge in [-0.05, 0) is 50.6 Å². The molecule has 1 aliphatic rings. The standard InChI is InChI=1S/C21H19NO5S/c1-4-26-21(25)17-18(23)16(11-14-10-9-13(3)27-14)28-20(17)22-19(24)15-8-6-5-7-12(15)2/h5-11,23H,4H2,1-3H3/b16-11+,22-20?. The molecule has 0 aliphatic carbocycles. The number of carbonyl (C=O) groups is 2. The summed E-state index contributed by atoms with van der Waals surface area (Å²) in [6, 6.07) is 10.6. The van der Waals surface area contributed by atoms with Gasteiger partial charge in [0.25, 0.3) is 5.91 Å². The second-order valence-corrected chi connectivity index (χ2v) is 7.07. The number of thioether (sulfide) groups is 1. The molecule has 1 aliphatic heterocycles.